The topological polar surface area (TPSA) is 32.3 Å². The first kappa shape index (κ1) is 21.4. The Kier molecular flexibility index (Phi) is 6.77. The lowest BCUT2D eigenvalue weighted by molar-refractivity contribution is -0.135. The minimum atomic E-state index is -0.151. The van der Waals surface area contributed by atoms with Crippen molar-refractivity contribution in [2.75, 3.05) is 13.1 Å². The van der Waals surface area contributed by atoms with Crippen molar-refractivity contribution in [2.24, 2.45) is 5.92 Å². The number of fused-ring (bicyclic) bond motifs is 1. The summed E-state index contributed by atoms with van der Waals surface area (Å²) in [4.78, 5) is 16.6. The summed E-state index contributed by atoms with van der Waals surface area (Å²) in [7, 11) is 0. The zero-order chi connectivity index (χ0) is 21.1. The average Bonchev–Trinajstić information content (AvgIpc) is 3.17. The zero-order valence-electron chi connectivity index (χ0n) is 17.6. The maximum Gasteiger partial charge on any atom is 0.239 e. The first-order chi connectivity index (χ1) is 14.5. The number of carbonyl (C=O) groups is 1. The normalized spacial score (nSPS) is 16.3. The molecule has 158 valence electrons. The summed E-state index contributed by atoms with van der Waals surface area (Å²) in [6, 6.07) is 18.7. The van der Waals surface area contributed by atoms with Crippen LogP contribution in [0, 0.1) is 5.92 Å². The number of hydrogen-bond donors (Lipinski definition) is 1. The van der Waals surface area contributed by atoms with E-state index in [1.54, 1.807) is 11.3 Å². The Morgan fingerprint density at radius 3 is 2.50 bits per heavy atom. The van der Waals surface area contributed by atoms with Gasteiger partial charge in [-0.05, 0) is 59.9 Å². The van der Waals surface area contributed by atoms with E-state index < -0.39 is 0 Å². The minimum absolute atomic E-state index is 0.151. The highest BCUT2D eigenvalue weighted by molar-refractivity contribution is 7.19. The molecule has 1 atom stereocenters. The summed E-state index contributed by atoms with van der Waals surface area (Å²) >= 11 is 7.82. The molecule has 0 spiro atoms. The number of piperidine rings is 1. The number of amides is 1. The van der Waals surface area contributed by atoms with Crippen LogP contribution in [-0.2, 0) is 11.3 Å². The van der Waals surface area contributed by atoms with E-state index in [1.165, 1.54) is 20.5 Å². The minimum Gasteiger partial charge on any atom is -0.341 e. The van der Waals surface area contributed by atoms with E-state index in [-0.39, 0.29) is 17.9 Å². The lowest BCUT2D eigenvalue weighted by Gasteiger charge is -2.35. The molecule has 1 aromatic heterocycles. The lowest BCUT2D eigenvalue weighted by Crippen LogP contribution is -2.51. The van der Waals surface area contributed by atoms with E-state index in [1.807, 2.05) is 12.1 Å². The quantitative estimate of drug-likeness (QED) is 0.504. The zero-order valence-corrected chi connectivity index (χ0v) is 19.2. The molecule has 1 aliphatic heterocycles. The smallest absolute Gasteiger partial charge is 0.239 e. The van der Waals surface area contributed by atoms with Crippen molar-refractivity contribution in [3.05, 3.63) is 70.1 Å². The third kappa shape index (κ3) is 4.88. The molecule has 3 aromatic rings. The van der Waals surface area contributed by atoms with Crippen LogP contribution >= 0.6 is 22.9 Å². The van der Waals surface area contributed by atoms with Crippen LogP contribution < -0.4 is 5.32 Å². The second-order valence-corrected chi connectivity index (χ2v) is 10.1. The number of likely N-dealkylation sites (tertiary alicyclic amines) is 1. The van der Waals surface area contributed by atoms with E-state index in [2.05, 4.69) is 66.5 Å². The molecule has 1 amide bonds. The van der Waals surface area contributed by atoms with Crippen molar-refractivity contribution >= 4 is 38.9 Å². The Balaban J connectivity index is 1.35. The molecule has 1 unspecified atom stereocenters. The monoisotopic (exact) mass is 440 g/mol. The molecule has 1 fully saturated rings. The van der Waals surface area contributed by atoms with Crippen LogP contribution in [0.3, 0.4) is 0 Å². The van der Waals surface area contributed by atoms with Crippen LogP contribution in [0.1, 0.15) is 43.0 Å². The van der Waals surface area contributed by atoms with Crippen LogP contribution in [0.4, 0.5) is 0 Å². The molecule has 4 rings (SSSR count). The Morgan fingerprint density at radius 2 is 1.83 bits per heavy atom. The van der Waals surface area contributed by atoms with E-state index in [9.17, 15) is 4.79 Å². The van der Waals surface area contributed by atoms with Crippen LogP contribution in [0.5, 0.6) is 0 Å². The Hall–Kier alpha value is -1.88. The summed E-state index contributed by atoms with van der Waals surface area (Å²) in [5, 5.41) is 5.60. The number of halogens is 1. The van der Waals surface area contributed by atoms with Gasteiger partial charge in [0.25, 0.3) is 0 Å². The third-order valence-corrected chi connectivity index (χ3v) is 7.42. The summed E-state index contributed by atoms with van der Waals surface area (Å²) in [5.74, 6) is 0.997. The Bertz CT molecular complexity index is 957. The lowest BCUT2D eigenvalue weighted by atomic mass is 9.89. The molecule has 0 bridgehead atoms. The highest BCUT2D eigenvalue weighted by Crippen LogP contribution is 2.30. The van der Waals surface area contributed by atoms with Crippen molar-refractivity contribution in [3.63, 3.8) is 0 Å². The summed E-state index contributed by atoms with van der Waals surface area (Å²) < 4.78 is 1.30. The number of carbonyl (C=O) groups excluding carboxylic acids is 1. The molecule has 1 aliphatic rings. The predicted octanol–water partition coefficient (Wildman–Crippen LogP) is 6.08. The molecule has 30 heavy (non-hydrogen) atoms. The van der Waals surface area contributed by atoms with Crippen LogP contribution in [-0.4, -0.2) is 29.9 Å². The number of benzene rings is 2. The van der Waals surface area contributed by atoms with Crippen molar-refractivity contribution in [1.29, 1.82) is 0 Å². The largest absolute Gasteiger partial charge is 0.341 e. The van der Waals surface area contributed by atoms with Crippen molar-refractivity contribution in [1.82, 2.24) is 10.2 Å². The standard InChI is InChI=1S/C25H29ClN2OS/c1-17(2)24(27-16-22-15-20-5-3-4-6-23(20)30-22)25(29)28-13-11-19(12-14-28)18-7-9-21(26)10-8-18/h3-10,15,17,19,24,27H,11-14,16H2,1-2H3. The second-order valence-electron chi connectivity index (χ2n) is 8.50. The second kappa shape index (κ2) is 9.51. The van der Waals surface area contributed by atoms with Crippen LogP contribution in [0.2, 0.25) is 5.02 Å². The highest BCUT2D eigenvalue weighted by Gasteiger charge is 2.30. The number of nitrogens with zero attached hydrogens (tertiary/aromatic N) is 1. The molecular weight excluding hydrogens is 412 g/mol. The molecule has 0 aliphatic carbocycles. The molecule has 5 heteroatoms. The summed E-state index contributed by atoms with van der Waals surface area (Å²) in [6.45, 7) is 6.62. The van der Waals surface area contributed by atoms with Crippen molar-refractivity contribution < 1.29 is 4.79 Å². The molecule has 1 saturated heterocycles. The fourth-order valence-electron chi connectivity index (χ4n) is 4.31. The van der Waals surface area contributed by atoms with Crippen LogP contribution in [0.15, 0.2) is 54.6 Å². The molecule has 0 saturated carbocycles. The van der Waals surface area contributed by atoms with Gasteiger partial charge in [0.15, 0.2) is 0 Å². The number of thiophene rings is 1. The molecule has 2 heterocycles. The average molecular weight is 441 g/mol. The molecule has 3 nitrogen and oxygen atoms in total. The van der Waals surface area contributed by atoms with Gasteiger partial charge in [-0.3, -0.25) is 4.79 Å². The fraction of sp³-hybridized carbons (Fsp3) is 0.400. The predicted molar refractivity (Wildman–Crippen MR) is 127 cm³/mol. The highest BCUT2D eigenvalue weighted by atomic mass is 35.5. The summed E-state index contributed by atoms with van der Waals surface area (Å²) in [5.41, 5.74) is 1.33. The first-order valence-corrected chi connectivity index (χ1v) is 12.0. The van der Waals surface area contributed by atoms with Gasteiger partial charge in [-0.25, -0.2) is 0 Å². The number of hydrogen-bond acceptors (Lipinski definition) is 3. The van der Waals surface area contributed by atoms with Gasteiger partial charge < -0.3 is 10.2 Å². The summed E-state index contributed by atoms with van der Waals surface area (Å²) in [6.07, 6.45) is 2.02. The number of rotatable bonds is 6. The van der Waals surface area contributed by atoms with Gasteiger partial charge in [-0.2, -0.15) is 0 Å². The van der Waals surface area contributed by atoms with Gasteiger partial charge in [-0.15, -0.1) is 11.3 Å². The Labute approximate surface area is 188 Å². The molecule has 0 radical (unpaired) electrons. The van der Waals surface area contributed by atoms with Gasteiger partial charge in [0.2, 0.25) is 5.91 Å². The van der Waals surface area contributed by atoms with Crippen molar-refractivity contribution in [2.45, 2.75) is 45.2 Å². The van der Waals surface area contributed by atoms with E-state index in [0.717, 1.165) is 37.5 Å². The molecular formula is C25H29ClN2OS. The van der Waals surface area contributed by atoms with E-state index >= 15 is 0 Å². The maximum absolute atomic E-state index is 13.3. The van der Waals surface area contributed by atoms with Gasteiger partial charge in [0.1, 0.15) is 0 Å². The molecule has 2 aromatic carbocycles. The third-order valence-electron chi connectivity index (χ3n) is 6.05. The number of nitrogens with one attached hydrogen (secondary N) is 1. The SMILES string of the molecule is CC(C)C(NCc1cc2ccccc2s1)C(=O)N1CCC(c2ccc(Cl)cc2)CC1. The van der Waals surface area contributed by atoms with Gasteiger partial charge in [0, 0.05) is 34.2 Å². The first-order valence-electron chi connectivity index (χ1n) is 10.8. The van der Waals surface area contributed by atoms with Crippen LogP contribution in [0.25, 0.3) is 10.1 Å². The maximum atomic E-state index is 13.3. The molecule has 1 N–H and O–H groups in total. The fourth-order valence-corrected chi connectivity index (χ4v) is 5.45. The van der Waals surface area contributed by atoms with Gasteiger partial charge in [0.05, 0.1) is 6.04 Å². The van der Waals surface area contributed by atoms with E-state index in [4.69, 9.17) is 11.6 Å². The van der Waals surface area contributed by atoms with Gasteiger partial charge in [-0.1, -0.05) is 55.8 Å². The Morgan fingerprint density at radius 1 is 1.13 bits per heavy atom. The van der Waals surface area contributed by atoms with Crippen molar-refractivity contribution in [3.8, 4) is 0 Å². The van der Waals surface area contributed by atoms with Gasteiger partial charge >= 0.3 is 0 Å². The van der Waals surface area contributed by atoms with E-state index in [0.29, 0.717) is 5.92 Å².